The number of aromatic nitrogens is 1. The van der Waals surface area contributed by atoms with E-state index in [2.05, 4.69) is 25.7 Å². The number of hydrogen-bond acceptors (Lipinski definition) is 3. The Kier molecular flexibility index (Phi) is 5.03. The Morgan fingerprint density at radius 1 is 1.69 bits per heavy atom. The molecule has 0 aliphatic carbocycles. The van der Waals surface area contributed by atoms with Gasteiger partial charge in [-0.3, -0.25) is 0 Å². The first-order valence-electron chi connectivity index (χ1n) is 4.13. The van der Waals surface area contributed by atoms with Crippen molar-refractivity contribution in [2.24, 2.45) is 0 Å². The van der Waals surface area contributed by atoms with Crippen molar-refractivity contribution in [3.63, 3.8) is 0 Å². The molecule has 0 aliphatic rings. The van der Waals surface area contributed by atoms with Crippen LogP contribution in [0.15, 0.2) is 6.07 Å². The van der Waals surface area contributed by atoms with Gasteiger partial charge < -0.3 is 4.74 Å². The van der Waals surface area contributed by atoms with Crippen molar-refractivity contribution >= 4 is 44.5 Å². The molecule has 1 aromatic rings. The van der Waals surface area contributed by atoms with Crippen LogP contribution < -0.4 is 0 Å². The third-order valence-electron chi connectivity index (χ3n) is 1.80. The molecule has 7 heteroatoms. The van der Waals surface area contributed by atoms with Gasteiger partial charge in [-0.2, -0.15) is 0 Å². The van der Waals surface area contributed by atoms with Gasteiger partial charge in [-0.1, -0.05) is 15.9 Å². The normalized spacial score (nSPS) is 10.6. The third kappa shape index (κ3) is 2.88. The molecule has 0 aromatic carbocycles. The molecule has 0 fully saturated rings. The van der Waals surface area contributed by atoms with Crippen LogP contribution in [0.3, 0.4) is 0 Å². The number of pyridine rings is 1. The van der Waals surface area contributed by atoms with Gasteiger partial charge >= 0.3 is 5.97 Å². The van der Waals surface area contributed by atoms with Crippen LogP contribution in [0.25, 0.3) is 0 Å². The largest absolute Gasteiger partial charge is 0.465 e. The average Bonchev–Trinajstić information content (AvgIpc) is 2.28. The summed E-state index contributed by atoms with van der Waals surface area (Å²) in [7, 11) is 1.20. The molecule has 0 atom stereocenters. The lowest BCUT2D eigenvalue weighted by Gasteiger charge is -2.09. The molecule has 3 nitrogen and oxygen atoms in total. The van der Waals surface area contributed by atoms with Crippen molar-refractivity contribution in [3.05, 3.63) is 26.6 Å². The fraction of sp³-hybridized carbons (Fsp3) is 0.333. The fourth-order valence-electron chi connectivity index (χ4n) is 1.06. The van der Waals surface area contributed by atoms with Crippen molar-refractivity contribution in [3.8, 4) is 0 Å². The van der Waals surface area contributed by atoms with Crippen LogP contribution in [0, 0.1) is 3.57 Å². The Labute approximate surface area is 113 Å². The summed E-state index contributed by atoms with van der Waals surface area (Å²) in [5.74, 6) is -0.643. The predicted molar refractivity (Wildman–Crippen MR) is 65.9 cm³/mol. The first-order chi connectivity index (χ1) is 7.51. The minimum atomic E-state index is -2.71. The molecule has 0 radical (unpaired) electrons. The number of nitrogens with zero attached hydrogens (tertiary/aromatic N) is 1. The number of halogens is 4. The smallest absolute Gasteiger partial charge is 0.339 e. The molecule has 0 saturated carbocycles. The van der Waals surface area contributed by atoms with Gasteiger partial charge in [-0.15, -0.1) is 0 Å². The van der Waals surface area contributed by atoms with Gasteiger partial charge in [-0.05, 0) is 28.7 Å². The fourth-order valence-corrected chi connectivity index (χ4v) is 2.68. The summed E-state index contributed by atoms with van der Waals surface area (Å²) in [5, 5.41) is 0.301. The second-order valence-corrected chi connectivity index (χ2v) is 4.42. The van der Waals surface area contributed by atoms with E-state index in [0.717, 1.165) is 6.07 Å². The maximum atomic E-state index is 12.5. The van der Waals surface area contributed by atoms with Crippen LogP contribution in [0.5, 0.6) is 0 Å². The monoisotopic (exact) mass is 405 g/mol. The van der Waals surface area contributed by atoms with Crippen LogP contribution in [0.4, 0.5) is 8.78 Å². The van der Waals surface area contributed by atoms with Crippen LogP contribution in [-0.2, 0) is 10.1 Å². The maximum absolute atomic E-state index is 12.5. The molecule has 0 N–H and O–H groups in total. The van der Waals surface area contributed by atoms with Gasteiger partial charge in [0.1, 0.15) is 5.69 Å². The lowest BCUT2D eigenvalue weighted by molar-refractivity contribution is 0.0598. The van der Waals surface area contributed by atoms with Crippen molar-refractivity contribution < 1.29 is 18.3 Å². The van der Waals surface area contributed by atoms with Gasteiger partial charge in [0, 0.05) is 8.90 Å². The Morgan fingerprint density at radius 2 is 2.31 bits per heavy atom. The van der Waals surface area contributed by atoms with E-state index in [9.17, 15) is 13.6 Å². The zero-order chi connectivity index (χ0) is 12.3. The topological polar surface area (TPSA) is 39.2 Å². The van der Waals surface area contributed by atoms with Gasteiger partial charge in [0.15, 0.2) is 0 Å². The summed E-state index contributed by atoms with van der Waals surface area (Å²) in [4.78, 5) is 15.1. The van der Waals surface area contributed by atoms with Crippen LogP contribution >= 0.6 is 38.5 Å². The molecule has 1 heterocycles. The van der Waals surface area contributed by atoms with E-state index in [1.807, 2.05) is 22.6 Å². The summed E-state index contributed by atoms with van der Waals surface area (Å²) >= 11 is 5.01. The van der Waals surface area contributed by atoms with Crippen molar-refractivity contribution in [2.75, 3.05) is 7.11 Å². The van der Waals surface area contributed by atoms with E-state index in [4.69, 9.17) is 0 Å². The Morgan fingerprint density at radius 3 is 2.75 bits per heavy atom. The Balaban J connectivity index is 3.35. The number of rotatable bonds is 3. The number of ether oxygens (including phenoxy) is 1. The number of alkyl halides is 3. The van der Waals surface area contributed by atoms with Crippen molar-refractivity contribution in [2.45, 2.75) is 11.8 Å². The molecule has 0 aliphatic heterocycles. The number of esters is 1. The quantitative estimate of drug-likeness (QED) is 0.440. The van der Waals surface area contributed by atoms with Gasteiger partial charge in [0.05, 0.1) is 18.4 Å². The lowest BCUT2D eigenvalue weighted by atomic mass is 10.2. The average molecular weight is 406 g/mol. The molecule has 88 valence electrons. The second-order valence-electron chi connectivity index (χ2n) is 2.78. The van der Waals surface area contributed by atoms with Gasteiger partial charge in [0.25, 0.3) is 6.43 Å². The minimum Gasteiger partial charge on any atom is -0.465 e. The summed E-state index contributed by atoms with van der Waals surface area (Å²) in [5.41, 5.74) is 0.0944. The Hall–Kier alpha value is -0.310. The first kappa shape index (κ1) is 13.8. The third-order valence-corrected chi connectivity index (χ3v) is 3.54. The van der Waals surface area contributed by atoms with Crippen LogP contribution in [-0.4, -0.2) is 18.1 Å². The number of carbonyl (C=O) groups excluding carboxylic acids is 1. The molecule has 0 bridgehead atoms. The molecular formula is C9H7BrF2INO2. The number of carbonyl (C=O) groups is 1. The molecule has 0 amide bonds. The van der Waals surface area contributed by atoms with Crippen LogP contribution in [0.2, 0.25) is 0 Å². The summed E-state index contributed by atoms with van der Waals surface area (Å²) in [6, 6.07) is 1.06. The molecule has 0 spiro atoms. The lowest BCUT2D eigenvalue weighted by Crippen LogP contribution is -2.09. The highest BCUT2D eigenvalue weighted by Gasteiger charge is 2.20. The zero-order valence-electron chi connectivity index (χ0n) is 8.14. The summed E-state index contributed by atoms with van der Waals surface area (Å²) < 4.78 is 30.1. The summed E-state index contributed by atoms with van der Waals surface area (Å²) in [6.07, 6.45) is -2.71. The molecule has 1 aromatic heterocycles. The van der Waals surface area contributed by atoms with E-state index >= 15 is 0 Å². The molecule has 0 saturated heterocycles. The van der Waals surface area contributed by atoms with Crippen molar-refractivity contribution in [1.29, 1.82) is 0 Å². The highest BCUT2D eigenvalue weighted by molar-refractivity contribution is 14.1. The van der Waals surface area contributed by atoms with Crippen molar-refractivity contribution in [1.82, 2.24) is 4.98 Å². The zero-order valence-corrected chi connectivity index (χ0v) is 11.9. The SMILES string of the molecule is COC(=O)c1cc(C(F)F)nc(CBr)c1I. The number of hydrogen-bond donors (Lipinski definition) is 0. The van der Waals surface area contributed by atoms with Crippen LogP contribution in [0.1, 0.15) is 28.2 Å². The standard InChI is InChI=1S/C9H7BrF2INO2/c1-16-9(15)4-2-5(8(11)12)14-6(3-10)7(4)13/h2,8H,3H2,1H3. The van der Waals surface area contributed by atoms with E-state index < -0.39 is 18.1 Å². The first-order valence-corrected chi connectivity index (χ1v) is 6.33. The summed E-state index contributed by atoms with van der Waals surface area (Å²) in [6.45, 7) is 0. The highest BCUT2D eigenvalue weighted by atomic mass is 127. The van der Waals surface area contributed by atoms with E-state index in [1.165, 1.54) is 7.11 Å². The molecule has 16 heavy (non-hydrogen) atoms. The van der Waals surface area contributed by atoms with Gasteiger partial charge in [0.2, 0.25) is 0 Å². The Bertz CT molecular complexity index is 415. The van der Waals surface area contributed by atoms with E-state index in [-0.39, 0.29) is 5.56 Å². The second kappa shape index (κ2) is 5.85. The predicted octanol–water partition coefficient (Wildman–Crippen LogP) is 3.31. The van der Waals surface area contributed by atoms with Gasteiger partial charge in [-0.25, -0.2) is 18.6 Å². The minimum absolute atomic E-state index is 0.114. The maximum Gasteiger partial charge on any atom is 0.339 e. The number of methoxy groups -OCH3 is 1. The highest BCUT2D eigenvalue weighted by Crippen LogP contribution is 2.25. The van der Waals surface area contributed by atoms with E-state index in [0.29, 0.717) is 14.6 Å². The molecule has 0 unspecified atom stereocenters. The molecular weight excluding hydrogens is 399 g/mol. The van der Waals surface area contributed by atoms with E-state index in [1.54, 1.807) is 0 Å². The molecule has 1 rings (SSSR count).